The third kappa shape index (κ3) is 7.36. The van der Waals surface area contributed by atoms with Crippen molar-refractivity contribution in [3.8, 4) is 0 Å². The van der Waals surface area contributed by atoms with E-state index >= 15 is 0 Å². The number of sulfonamides is 1. The zero-order valence-electron chi connectivity index (χ0n) is 14.4. The Balaban J connectivity index is 1.92. The van der Waals surface area contributed by atoms with Crippen LogP contribution in [0.5, 0.6) is 0 Å². The minimum atomic E-state index is -3.50. The van der Waals surface area contributed by atoms with Crippen molar-refractivity contribution in [1.29, 1.82) is 0 Å². The highest BCUT2D eigenvalue weighted by Crippen LogP contribution is 2.20. The molecule has 0 saturated heterocycles. The summed E-state index contributed by atoms with van der Waals surface area (Å²) in [6.07, 6.45) is 8.69. The Bertz CT molecular complexity index is 714. The Labute approximate surface area is 148 Å². The van der Waals surface area contributed by atoms with E-state index in [4.69, 9.17) is 0 Å². The van der Waals surface area contributed by atoms with Crippen molar-refractivity contribution in [1.82, 2.24) is 10.0 Å². The molecule has 2 rings (SSSR count). The fraction of sp³-hybridized carbons (Fsp3) is 0.500. The van der Waals surface area contributed by atoms with Gasteiger partial charge in [-0.05, 0) is 49.8 Å². The van der Waals surface area contributed by atoms with Crippen LogP contribution in [0.1, 0.15) is 50.1 Å². The number of nitrogens with one attached hydrogen (secondary N) is 2. The van der Waals surface area contributed by atoms with Gasteiger partial charge in [0.2, 0.25) is 15.9 Å². The Morgan fingerprint density at radius 2 is 1.96 bits per heavy atom. The van der Waals surface area contributed by atoms with Crippen molar-refractivity contribution in [3.63, 3.8) is 0 Å². The van der Waals surface area contributed by atoms with E-state index in [1.807, 2.05) is 0 Å². The van der Waals surface area contributed by atoms with Crippen molar-refractivity contribution >= 4 is 15.9 Å². The first kappa shape index (κ1) is 19.6. The summed E-state index contributed by atoms with van der Waals surface area (Å²) < 4.78 is 38.6. The van der Waals surface area contributed by atoms with Gasteiger partial charge in [0.05, 0.1) is 12.3 Å². The number of halogens is 1. The summed E-state index contributed by atoms with van der Waals surface area (Å²) in [5.74, 6) is -0.644. The lowest BCUT2D eigenvalue weighted by Gasteiger charge is -2.18. The molecule has 25 heavy (non-hydrogen) atoms. The predicted octanol–water partition coefficient (Wildman–Crippen LogP) is 2.81. The van der Waals surface area contributed by atoms with E-state index < -0.39 is 21.9 Å². The van der Waals surface area contributed by atoms with Gasteiger partial charge in [-0.15, -0.1) is 0 Å². The van der Waals surface area contributed by atoms with E-state index in [-0.39, 0.29) is 12.3 Å². The van der Waals surface area contributed by atoms with Crippen LogP contribution in [-0.4, -0.2) is 27.1 Å². The number of hydrogen-bond donors (Lipinski definition) is 2. The van der Waals surface area contributed by atoms with Crippen LogP contribution in [0.3, 0.4) is 0 Å². The maximum Gasteiger partial charge on any atom is 0.221 e. The van der Waals surface area contributed by atoms with Crippen LogP contribution in [-0.2, 0) is 14.8 Å². The van der Waals surface area contributed by atoms with Crippen molar-refractivity contribution < 1.29 is 17.6 Å². The van der Waals surface area contributed by atoms with Crippen LogP contribution in [0.25, 0.3) is 0 Å². The zero-order valence-corrected chi connectivity index (χ0v) is 15.2. The van der Waals surface area contributed by atoms with E-state index in [1.165, 1.54) is 42.7 Å². The summed E-state index contributed by atoms with van der Waals surface area (Å²) in [4.78, 5) is 12.2. The van der Waals surface area contributed by atoms with Gasteiger partial charge in [0.1, 0.15) is 5.82 Å². The topological polar surface area (TPSA) is 75.3 Å². The molecule has 1 aliphatic carbocycles. The highest BCUT2D eigenvalue weighted by atomic mass is 32.2. The molecule has 0 saturated carbocycles. The van der Waals surface area contributed by atoms with E-state index in [2.05, 4.69) is 16.1 Å². The molecule has 5 nitrogen and oxygen atoms in total. The van der Waals surface area contributed by atoms with E-state index in [9.17, 15) is 17.6 Å². The first-order valence-electron chi connectivity index (χ1n) is 8.51. The normalized spacial score (nSPS) is 16.2. The van der Waals surface area contributed by atoms with Crippen LogP contribution in [0.2, 0.25) is 0 Å². The van der Waals surface area contributed by atoms with Crippen LogP contribution in [0.15, 0.2) is 35.9 Å². The lowest BCUT2D eigenvalue weighted by atomic mass is 9.97. The second-order valence-electron chi connectivity index (χ2n) is 6.41. The summed E-state index contributed by atoms with van der Waals surface area (Å²) in [7, 11) is -3.50. The molecule has 0 bridgehead atoms. The SMILES string of the molecule is CS(=O)(=O)N[C@@H](CC(=O)NCCC1=CCCCC1)c1ccc(F)cc1. The molecule has 1 amide bonds. The van der Waals surface area contributed by atoms with Gasteiger partial charge in [-0.2, -0.15) is 0 Å². The quantitative estimate of drug-likeness (QED) is 0.693. The minimum absolute atomic E-state index is 0.0300. The number of carbonyl (C=O) groups excluding carboxylic acids is 1. The zero-order chi connectivity index (χ0) is 18.3. The van der Waals surface area contributed by atoms with Gasteiger partial charge in [0, 0.05) is 13.0 Å². The average molecular weight is 368 g/mol. The lowest BCUT2D eigenvalue weighted by Crippen LogP contribution is -2.33. The van der Waals surface area contributed by atoms with Crippen LogP contribution in [0, 0.1) is 5.82 Å². The first-order chi connectivity index (χ1) is 11.8. The van der Waals surface area contributed by atoms with Gasteiger partial charge in [-0.3, -0.25) is 4.79 Å². The predicted molar refractivity (Wildman–Crippen MR) is 95.9 cm³/mol. The third-order valence-electron chi connectivity index (χ3n) is 4.17. The molecular formula is C18H25FN2O3S. The second kappa shape index (κ2) is 9.10. The molecule has 1 aromatic rings. The molecule has 7 heteroatoms. The van der Waals surface area contributed by atoms with Crippen molar-refractivity contribution in [2.45, 2.75) is 44.6 Å². The number of hydrogen-bond acceptors (Lipinski definition) is 3. The van der Waals surface area contributed by atoms with Gasteiger partial charge < -0.3 is 5.32 Å². The molecular weight excluding hydrogens is 343 g/mol. The highest BCUT2D eigenvalue weighted by molar-refractivity contribution is 7.88. The standard InChI is InChI=1S/C18H25FN2O3S/c1-25(23,24)21-17(15-7-9-16(19)10-8-15)13-18(22)20-12-11-14-5-3-2-4-6-14/h5,7-10,17,21H,2-4,6,11-13H2,1H3,(H,20,22)/t17-/m0/s1. The minimum Gasteiger partial charge on any atom is -0.356 e. The first-order valence-corrected chi connectivity index (χ1v) is 10.4. The molecule has 138 valence electrons. The van der Waals surface area contributed by atoms with Crippen molar-refractivity contribution in [2.24, 2.45) is 0 Å². The van der Waals surface area contributed by atoms with Gasteiger partial charge >= 0.3 is 0 Å². The summed E-state index contributed by atoms with van der Waals surface area (Å²) in [5.41, 5.74) is 1.92. The van der Waals surface area contributed by atoms with Crippen LogP contribution in [0.4, 0.5) is 4.39 Å². The number of allylic oxidation sites excluding steroid dienone is 1. The summed E-state index contributed by atoms with van der Waals surface area (Å²) >= 11 is 0. The number of carbonyl (C=O) groups is 1. The molecule has 0 radical (unpaired) electrons. The van der Waals surface area contributed by atoms with Gasteiger partial charge in [0.15, 0.2) is 0 Å². The monoisotopic (exact) mass is 368 g/mol. The fourth-order valence-electron chi connectivity index (χ4n) is 2.93. The lowest BCUT2D eigenvalue weighted by molar-refractivity contribution is -0.121. The van der Waals surface area contributed by atoms with Crippen molar-refractivity contribution in [3.05, 3.63) is 47.3 Å². The molecule has 1 atom stereocenters. The molecule has 0 aromatic heterocycles. The number of benzene rings is 1. The van der Waals surface area contributed by atoms with Gasteiger partial charge in [0.25, 0.3) is 0 Å². The maximum atomic E-state index is 13.1. The number of amides is 1. The Hall–Kier alpha value is -1.73. The summed E-state index contributed by atoms with van der Waals surface area (Å²) in [6.45, 7) is 0.541. The Morgan fingerprint density at radius 1 is 1.24 bits per heavy atom. The molecule has 0 aliphatic heterocycles. The Kier molecular flexibility index (Phi) is 7.13. The third-order valence-corrected chi connectivity index (χ3v) is 4.88. The van der Waals surface area contributed by atoms with Crippen molar-refractivity contribution in [2.75, 3.05) is 12.8 Å². The maximum absolute atomic E-state index is 13.1. The molecule has 0 unspecified atom stereocenters. The van der Waals surface area contributed by atoms with E-state index in [0.29, 0.717) is 12.1 Å². The molecule has 0 heterocycles. The highest BCUT2D eigenvalue weighted by Gasteiger charge is 2.20. The van der Waals surface area contributed by atoms with Crippen LogP contribution < -0.4 is 10.0 Å². The van der Waals surface area contributed by atoms with E-state index in [1.54, 1.807) is 0 Å². The number of rotatable bonds is 8. The van der Waals surface area contributed by atoms with E-state index in [0.717, 1.165) is 25.5 Å². The molecule has 0 spiro atoms. The summed E-state index contributed by atoms with van der Waals surface area (Å²) in [5, 5.41) is 2.84. The molecule has 1 aliphatic rings. The average Bonchev–Trinajstić information content (AvgIpc) is 2.54. The molecule has 0 fully saturated rings. The summed E-state index contributed by atoms with van der Waals surface area (Å²) in [6, 6.07) is 4.75. The van der Waals surface area contributed by atoms with Gasteiger partial charge in [-0.25, -0.2) is 17.5 Å². The molecule has 2 N–H and O–H groups in total. The second-order valence-corrected chi connectivity index (χ2v) is 8.19. The largest absolute Gasteiger partial charge is 0.356 e. The van der Waals surface area contributed by atoms with Crippen LogP contribution >= 0.6 is 0 Å². The smallest absolute Gasteiger partial charge is 0.221 e. The van der Waals surface area contributed by atoms with Gasteiger partial charge in [-0.1, -0.05) is 23.8 Å². The Morgan fingerprint density at radius 3 is 2.56 bits per heavy atom. The molecule has 1 aromatic carbocycles. The fourth-order valence-corrected chi connectivity index (χ4v) is 3.67.